The molecule has 7 nitrogen and oxygen atoms in total. The van der Waals surface area contributed by atoms with Gasteiger partial charge in [0.2, 0.25) is 0 Å². The van der Waals surface area contributed by atoms with E-state index in [-0.39, 0.29) is 6.61 Å². The molecule has 1 atom stereocenters. The van der Waals surface area contributed by atoms with Crippen LogP contribution in [-0.2, 0) is 23.8 Å². The van der Waals surface area contributed by atoms with Crippen LogP contribution in [0.5, 0.6) is 0 Å². The van der Waals surface area contributed by atoms with Crippen molar-refractivity contribution in [1.29, 1.82) is 0 Å². The maximum absolute atomic E-state index is 11.7. The van der Waals surface area contributed by atoms with Gasteiger partial charge in [-0.05, 0) is 13.8 Å². The number of carbonyl (C=O) groups excluding carboxylic acids is 3. The first-order valence-electron chi connectivity index (χ1n) is 5.11. The van der Waals surface area contributed by atoms with Crippen molar-refractivity contribution in [3.8, 4) is 0 Å². The highest BCUT2D eigenvalue weighted by molar-refractivity contribution is 6.13. The summed E-state index contributed by atoms with van der Waals surface area (Å²) in [5, 5.41) is 0. The predicted octanol–water partition coefficient (Wildman–Crippen LogP) is -0.0682. The number of hydrogen-bond acceptors (Lipinski definition) is 6. The molecule has 0 bridgehead atoms. The number of ether oxygens (including phenoxy) is 3. The Morgan fingerprint density at radius 1 is 1.18 bits per heavy atom. The van der Waals surface area contributed by atoms with Crippen molar-refractivity contribution in [2.24, 2.45) is 0 Å². The quantitative estimate of drug-likeness (QED) is 0.299. The van der Waals surface area contributed by atoms with Crippen LogP contribution in [0.3, 0.4) is 0 Å². The summed E-state index contributed by atoms with van der Waals surface area (Å²) in [6, 6.07) is -0.638. The van der Waals surface area contributed by atoms with Crippen LogP contribution in [-0.4, -0.2) is 55.3 Å². The van der Waals surface area contributed by atoms with E-state index in [0.717, 1.165) is 19.1 Å². The third kappa shape index (κ3) is 1.71. The van der Waals surface area contributed by atoms with E-state index in [2.05, 4.69) is 9.47 Å². The minimum atomic E-state index is -1.70. The molecular weight excluding hydrogens is 230 g/mol. The Balaban J connectivity index is 3.00. The van der Waals surface area contributed by atoms with Crippen molar-refractivity contribution in [1.82, 2.24) is 4.90 Å². The fourth-order valence-electron chi connectivity index (χ4n) is 1.85. The Hall–Kier alpha value is -1.79. The van der Waals surface area contributed by atoms with Gasteiger partial charge in [-0.2, -0.15) is 0 Å². The molecule has 1 rings (SSSR count). The van der Waals surface area contributed by atoms with Gasteiger partial charge in [-0.15, -0.1) is 0 Å². The molecule has 0 aromatic carbocycles. The molecule has 7 heteroatoms. The molecule has 0 aromatic heterocycles. The zero-order valence-corrected chi connectivity index (χ0v) is 10.2. The Morgan fingerprint density at radius 3 is 2.00 bits per heavy atom. The van der Waals surface area contributed by atoms with E-state index in [9.17, 15) is 14.4 Å². The molecule has 1 heterocycles. The number of rotatable bonds is 3. The Bertz CT molecular complexity index is 337. The van der Waals surface area contributed by atoms with Crippen LogP contribution in [0, 0.1) is 0 Å². The molecular formula is C10H15NO6. The lowest BCUT2D eigenvalue weighted by atomic mass is 10.1. The highest BCUT2D eigenvalue weighted by Gasteiger charge is 2.76. The highest BCUT2D eigenvalue weighted by Crippen LogP contribution is 2.43. The Labute approximate surface area is 98.6 Å². The molecule has 1 amide bonds. The van der Waals surface area contributed by atoms with Crippen molar-refractivity contribution in [2.45, 2.75) is 25.4 Å². The second-order valence-electron chi connectivity index (χ2n) is 3.49. The smallest absolute Gasteiger partial charge is 0.411 e. The van der Waals surface area contributed by atoms with Crippen LogP contribution < -0.4 is 0 Å². The van der Waals surface area contributed by atoms with Crippen LogP contribution >= 0.6 is 0 Å². The van der Waals surface area contributed by atoms with Gasteiger partial charge in [0.1, 0.15) is 0 Å². The normalized spacial score (nSPS) is 20.5. The molecule has 1 aliphatic heterocycles. The lowest BCUT2D eigenvalue weighted by Gasteiger charge is -2.12. The van der Waals surface area contributed by atoms with Gasteiger partial charge in [0.05, 0.1) is 26.9 Å². The monoisotopic (exact) mass is 245 g/mol. The second-order valence-corrected chi connectivity index (χ2v) is 3.49. The van der Waals surface area contributed by atoms with Crippen LogP contribution in [0.25, 0.3) is 0 Å². The van der Waals surface area contributed by atoms with Crippen molar-refractivity contribution < 1.29 is 28.6 Å². The number of esters is 2. The van der Waals surface area contributed by atoms with Gasteiger partial charge in [-0.3, -0.25) is 4.90 Å². The van der Waals surface area contributed by atoms with Crippen LogP contribution in [0.15, 0.2) is 0 Å². The first kappa shape index (κ1) is 13.3. The molecule has 1 unspecified atom stereocenters. The van der Waals surface area contributed by atoms with Gasteiger partial charge in [0.15, 0.2) is 0 Å². The first-order valence-corrected chi connectivity index (χ1v) is 5.11. The molecule has 1 fully saturated rings. The van der Waals surface area contributed by atoms with E-state index in [1.165, 1.54) is 0 Å². The maximum Gasteiger partial charge on any atom is 0.411 e. The summed E-state index contributed by atoms with van der Waals surface area (Å²) >= 11 is 0. The Morgan fingerprint density at radius 2 is 1.65 bits per heavy atom. The lowest BCUT2D eigenvalue weighted by molar-refractivity contribution is -0.158. The van der Waals surface area contributed by atoms with Crippen molar-refractivity contribution in [3.63, 3.8) is 0 Å². The predicted molar refractivity (Wildman–Crippen MR) is 55.1 cm³/mol. The SMILES string of the molecule is CCOC(=O)N1C(C)C1(C(=O)OC)C(=O)OC. The number of methoxy groups -OCH3 is 2. The van der Waals surface area contributed by atoms with Crippen molar-refractivity contribution in [3.05, 3.63) is 0 Å². The third-order valence-electron chi connectivity index (χ3n) is 2.76. The standard InChI is InChI=1S/C10H15NO6/c1-5-17-9(14)11-6(2)10(11,7(12)15-3)8(13)16-4/h6H,5H2,1-4H3. The van der Waals surface area contributed by atoms with E-state index >= 15 is 0 Å². The number of carbonyl (C=O) groups is 3. The van der Waals surface area contributed by atoms with Gasteiger partial charge < -0.3 is 14.2 Å². The van der Waals surface area contributed by atoms with E-state index < -0.39 is 29.6 Å². The average molecular weight is 245 g/mol. The average Bonchev–Trinajstić information content (AvgIpc) is 2.94. The molecule has 1 saturated heterocycles. The van der Waals surface area contributed by atoms with Crippen molar-refractivity contribution in [2.75, 3.05) is 20.8 Å². The summed E-state index contributed by atoms with van der Waals surface area (Å²) in [6.45, 7) is 3.33. The molecule has 1 aliphatic rings. The highest BCUT2D eigenvalue weighted by atomic mass is 16.6. The largest absolute Gasteiger partial charge is 0.467 e. The molecule has 17 heavy (non-hydrogen) atoms. The summed E-state index contributed by atoms with van der Waals surface area (Å²) in [7, 11) is 2.28. The molecule has 0 spiro atoms. The van der Waals surface area contributed by atoms with Gasteiger partial charge >= 0.3 is 18.0 Å². The van der Waals surface area contributed by atoms with E-state index in [1.807, 2.05) is 0 Å². The molecule has 0 saturated carbocycles. The third-order valence-corrected chi connectivity index (χ3v) is 2.76. The molecule has 0 aliphatic carbocycles. The van der Waals surface area contributed by atoms with E-state index in [1.54, 1.807) is 13.8 Å². The minimum Gasteiger partial charge on any atom is -0.467 e. The number of nitrogens with zero attached hydrogens (tertiary/aromatic N) is 1. The van der Waals surface area contributed by atoms with Crippen LogP contribution in [0.4, 0.5) is 4.79 Å². The van der Waals surface area contributed by atoms with E-state index in [4.69, 9.17) is 4.74 Å². The minimum absolute atomic E-state index is 0.153. The summed E-state index contributed by atoms with van der Waals surface area (Å²) in [6.07, 6.45) is -0.740. The van der Waals surface area contributed by atoms with Crippen LogP contribution in [0.2, 0.25) is 0 Å². The molecule has 0 N–H and O–H groups in total. The molecule has 96 valence electrons. The second kappa shape index (κ2) is 4.60. The molecule has 0 aromatic rings. The zero-order valence-electron chi connectivity index (χ0n) is 10.2. The summed E-state index contributed by atoms with van der Waals surface area (Å²) < 4.78 is 13.8. The van der Waals surface area contributed by atoms with E-state index in [0.29, 0.717) is 0 Å². The number of amides is 1. The zero-order chi connectivity index (χ0) is 13.2. The van der Waals surface area contributed by atoms with Gasteiger partial charge in [-0.25, -0.2) is 14.4 Å². The maximum atomic E-state index is 11.7. The summed E-state index contributed by atoms with van der Waals surface area (Å²) in [5.74, 6) is -1.66. The van der Waals surface area contributed by atoms with Crippen molar-refractivity contribution >= 4 is 18.0 Å². The topological polar surface area (TPSA) is 81.9 Å². The Kier molecular flexibility index (Phi) is 3.59. The summed E-state index contributed by atoms with van der Waals surface area (Å²) in [4.78, 5) is 35.9. The van der Waals surface area contributed by atoms with Crippen LogP contribution in [0.1, 0.15) is 13.8 Å². The van der Waals surface area contributed by atoms with Gasteiger partial charge in [0.25, 0.3) is 5.54 Å². The number of hydrogen-bond donors (Lipinski definition) is 0. The van der Waals surface area contributed by atoms with Gasteiger partial charge in [0, 0.05) is 0 Å². The lowest BCUT2D eigenvalue weighted by Crippen LogP contribution is -2.42. The fourth-order valence-corrected chi connectivity index (χ4v) is 1.85. The molecule has 0 radical (unpaired) electrons. The fraction of sp³-hybridized carbons (Fsp3) is 0.700. The summed E-state index contributed by atoms with van der Waals surface area (Å²) in [5.41, 5.74) is -1.70. The van der Waals surface area contributed by atoms with Gasteiger partial charge in [-0.1, -0.05) is 0 Å². The first-order chi connectivity index (χ1) is 7.98.